The van der Waals surface area contributed by atoms with E-state index in [2.05, 4.69) is 22.0 Å². The molecule has 23 heavy (non-hydrogen) atoms. The third-order valence-corrected chi connectivity index (χ3v) is 5.60. The zero-order valence-corrected chi connectivity index (χ0v) is 15.9. The zero-order valence-electron chi connectivity index (χ0n) is 12.7. The van der Waals surface area contributed by atoms with Crippen LogP contribution in [-0.2, 0) is 4.79 Å². The summed E-state index contributed by atoms with van der Waals surface area (Å²) in [6, 6.07) is 13.8. The number of rotatable bonds is 2. The van der Waals surface area contributed by atoms with Gasteiger partial charge in [0.05, 0.1) is 10.6 Å². The highest BCUT2D eigenvalue weighted by molar-refractivity contribution is 9.10. The molecule has 5 heteroatoms. The van der Waals surface area contributed by atoms with Crippen molar-refractivity contribution in [1.29, 1.82) is 0 Å². The van der Waals surface area contributed by atoms with Crippen molar-refractivity contribution < 1.29 is 4.79 Å². The van der Waals surface area contributed by atoms with E-state index in [0.717, 1.165) is 21.3 Å². The Labute approximate surface area is 153 Å². The van der Waals surface area contributed by atoms with Gasteiger partial charge < -0.3 is 0 Å². The fourth-order valence-corrected chi connectivity index (χ4v) is 4.14. The summed E-state index contributed by atoms with van der Waals surface area (Å²) in [6.45, 7) is 4.03. The molecule has 1 saturated heterocycles. The Morgan fingerprint density at radius 2 is 1.91 bits per heavy atom. The van der Waals surface area contributed by atoms with Gasteiger partial charge in [-0.25, -0.2) is 0 Å². The first kappa shape index (κ1) is 16.4. The largest absolute Gasteiger partial charge is 0.270 e. The first-order valence-electron chi connectivity index (χ1n) is 7.07. The lowest BCUT2D eigenvalue weighted by molar-refractivity contribution is -0.113. The molecule has 1 aliphatic heterocycles. The maximum atomic E-state index is 12.8. The number of nitrogens with zero attached hydrogens (tertiary/aromatic N) is 1. The van der Waals surface area contributed by atoms with E-state index in [1.54, 1.807) is 4.90 Å². The Hall–Kier alpha value is -1.43. The second-order valence-electron chi connectivity index (χ2n) is 5.33. The summed E-state index contributed by atoms with van der Waals surface area (Å²) < 4.78 is 1.53. The molecule has 0 saturated carbocycles. The standard InChI is InChI=1S/C18H14BrNOS2/c1-11-7-8-15(12(2)9-11)20-17(21)16(23-18(20)22)10-13-5-3-4-6-14(13)19/h3-10H,1-2H3/b16-10-. The summed E-state index contributed by atoms with van der Waals surface area (Å²) in [6.07, 6.45) is 1.88. The van der Waals surface area contributed by atoms with Crippen LogP contribution in [0.15, 0.2) is 51.8 Å². The van der Waals surface area contributed by atoms with Gasteiger partial charge in [-0.15, -0.1) is 0 Å². The Bertz CT molecular complexity index is 845. The highest BCUT2D eigenvalue weighted by Crippen LogP contribution is 2.38. The van der Waals surface area contributed by atoms with Crippen molar-refractivity contribution in [3.8, 4) is 0 Å². The van der Waals surface area contributed by atoms with Crippen molar-refractivity contribution >= 4 is 61.9 Å². The second-order valence-corrected chi connectivity index (χ2v) is 7.86. The molecule has 1 aliphatic rings. The van der Waals surface area contributed by atoms with Crippen LogP contribution in [0.2, 0.25) is 0 Å². The molecule has 0 spiro atoms. The fraction of sp³-hybridized carbons (Fsp3) is 0.111. The molecule has 0 aromatic heterocycles. The minimum atomic E-state index is -0.0669. The molecule has 116 valence electrons. The molecule has 0 bridgehead atoms. The van der Waals surface area contributed by atoms with Gasteiger partial charge in [0.15, 0.2) is 4.32 Å². The minimum Gasteiger partial charge on any atom is -0.268 e. The maximum Gasteiger partial charge on any atom is 0.270 e. The Kier molecular flexibility index (Phi) is 4.71. The number of halogens is 1. The van der Waals surface area contributed by atoms with Crippen LogP contribution in [0.3, 0.4) is 0 Å². The number of thiocarbonyl (C=S) groups is 1. The average Bonchev–Trinajstić information content (AvgIpc) is 2.77. The van der Waals surface area contributed by atoms with Gasteiger partial charge in [-0.3, -0.25) is 9.69 Å². The fourth-order valence-electron chi connectivity index (χ4n) is 2.47. The van der Waals surface area contributed by atoms with E-state index in [1.165, 1.54) is 17.3 Å². The quantitative estimate of drug-likeness (QED) is 0.489. The molecule has 0 radical (unpaired) electrons. The number of anilines is 1. The molecule has 1 heterocycles. The molecule has 2 aromatic carbocycles. The van der Waals surface area contributed by atoms with Crippen LogP contribution in [-0.4, -0.2) is 10.2 Å². The number of carbonyl (C=O) groups is 1. The van der Waals surface area contributed by atoms with Gasteiger partial charge in [0.1, 0.15) is 0 Å². The Morgan fingerprint density at radius 3 is 2.61 bits per heavy atom. The Balaban J connectivity index is 1.99. The van der Waals surface area contributed by atoms with Crippen LogP contribution >= 0.6 is 39.9 Å². The highest BCUT2D eigenvalue weighted by atomic mass is 79.9. The predicted molar refractivity (Wildman–Crippen MR) is 106 cm³/mol. The molecule has 0 aliphatic carbocycles. The van der Waals surface area contributed by atoms with Crippen molar-refractivity contribution in [3.05, 3.63) is 68.5 Å². The first-order chi connectivity index (χ1) is 11.0. The van der Waals surface area contributed by atoms with Gasteiger partial charge in [-0.05, 0) is 43.2 Å². The molecule has 0 atom stereocenters. The van der Waals surface area contributed by atoms with Crippen LogP contribution < -0.4 is 4.90 Å². The van der Waals surface area contributed by atoms with Crippen LogP contribution in [0.4, 0.5) is 5.69 Å². The third kappa shape index (κ3) is 3.27. The predicted octanol–water partition coefficient (Wildman–Crippen LogP) is 5.47. The minimum absolute atomic E-state index is 0.0669. The number of benzene rings is 2. The summed E-state index contributed by atoms with van der Waals surface area (Å²) >= 11 is 10.3. The third-order valence-electron chi connectivity index (χ3n) is 3.58. The van der Waals surface area contributed by atoms with Crippen LogP contribution in [0, 0.1) is 13.8 Å². The number of amides is 1. The summed E-state index contributed by atoms with van der Waals surface area (Å²) in [5.41, 5.74) is 4.03. The van der Waals surface area contributed by atoms with Gasteiger partial charge in [-0.1, -0.05) is 75.8 Å². The number of hydrogen-bond donors (Lipinski definition) is 0. The zero-order chi connectivity index (χ0) is 16.6. The number of carbonyl (C=O) groups excluding carboxylic acids is 1. The van der Waals surface area contributed by atoms with Crippen LogP contribution in [0.1, 0.15) is 16.7 Å². The Morgan fingerprint density at radius 1 is 1.17 bits per heavy atom. The van der Waals surface area contributed by atoms with Gasteiger partial charge in [0.25, 0.3) is 5.91 Å². The maximum absolute atomic E-state index is 12.8. The first-order valence-corrected chi connectivity index (χ1v) is 9.09. The molecule has 0 unspecified atom stereocenters. The average molecular weight is 404 g/mol. The van der Waals surface area contributed by atoms with Gasteiger partial charge in [0.2, 0.25) is 0 Å². The molecule has 0 N–H and O–H groups in total. The summed E-state index contributed by atoms with van der Waals surface area (Å²) in [5.74, 6) is -0.0669. The smallest absolute Gasteiger partial charge is 0.268 e. The van der Waals surface area contributed by atoms with E-state index in [9.17, 15) is 4.79 Å². The highest BCUT2D eigenvalue weighted by Gasteiger charge is 2.34. The van der Waals surface area contributed by atoms with Crippen LogP contribution in [0.5, 0.6) is 0 Å². The number of aryl methyl sites for hydroxylation is 2. The molecular weight excluding hydrogens is 390 g/mol. The molecular formula is C18H14BrNOS2. The van der Waals surface area contributed by atoms with Gasteiger partial charge in [0, 0.05) is 4.47 Å². The molecule has 1 fully saturated rings. The SMILES string of the molecule is Cc1ccc(N2C(=O)/C(=C/c3ccccc3Br)SC2=S)c(C)c1. The van der Waals surface area contributed by atoms with E-state index in [0.29, 0.717) is 9.23 Å². The molecule has 1 amide bonds. The number of hydrogen-bond acceptors (Lipinski definition) is 3. The van der Waals surface area contributed by atoms with Crippen molar-refractivity contribution in [2.75, 3.05) is 4.90 Å². The van der Waals surface area contributed by atoms with Gasteiger partial charge >= 0.3 is 0 Å². The van der Waals surface area contributed by atoms with E-state index in [-0.39, 0.29) is 5.91 Å². The van der Waals surface area contributed by atoms with Crippen LogP contribution in [0.25, 0.3) is 6.08 Å². The lowest BCUT2D eigenvalue weighted by Gasteiger charge is -2.17. The van der Waals surface area contributed by atoms with E-state index >= 15 is 0 Å². The lowest BCUT2D eigenvalue weighted by atomic mass is 10.1. The van der Waals surface area contributed by atoms with E-state index in [4.69, 9.17) is 12.2 Å². The number of thioether (sulfide) groups is 1. The lowest BCUT2D eigenvalue weighted by Crippen LogP contribution is -2.28. The van der Waals surface area contributed by atoms with E-state index in [1.807, 2.05) is 56.3 Å². The summed E-state index contributed by atoms with van der Waals surface area (Å²) in [5, 5.41) is 0. The van der Waals surface area contributed by atoms with Crippen molar-refractivity contribution in [3.63, 3.8) is 0 Å². The topological polar surface area (TPSA) is 20.3 Å². The normalized spacial score (nSPS) is 16.5. The summed E-state index contributed by atoms with van der Waals surface area (Å²) in [4.78, 5) is 15.1. The second kappa shape index (κ2) is 6.59. The van der Waals surface area contributed by atoms with E-state index < -0.39 is 0 Å². The van der Waals surface area contributed by atoms with Crippen molar-refractivity contribution in [1.82, 2.24) is 0 Å². The molecule has 2 aromatic rings. The molecule has 3 rings (SSSR count). The molecule has 2 nitrogen and oxygen atoms in total. The monoisotopic (exact) mass is 403 g/mol. The summed E-state index contributed by atoms with van der Waals surface area (Å²) in [7, 11) is 0. The van der Waals surface area contributed by atoms with Gasteiger partial charge in [-0.2, -0.15) is 0 Å². The van der Waals surface area contributed by atoms with Crippen molar-refractivity contribution in [2.24, 2.45) is 0 Å². The van der Waals surface area contributed by atoms with Crippen molar-refractivity contribution in [2.45, 2.75) is 13.8 Å².